The number of benzene rings is 2. The van der Waals surface area contributed by atoms with Crippen LogP contribution < -0.4 is 19.5 Å². The highest BCUT2D eigenvalue weighted by Crippen LogP contribution is 2.48. The highest BCUT2D eigenvalue weighted by atomic mass is 32.2. The number of carbonyl (C=O) groups excluding carboxylic acids is 1. The molecule has 2 aromatic rings. The van der Waals surface area contributed by atoms with E-state index in [1.165, 1.54) is 19.6 Å². The van der Waals surface area contributed by atoms with E-state index in [2.05, 4.69) is 10.0 Å². The van der Waals surface area contributed by atoms with Gasteiger partial charge in [0.1, 0.15) is 16.4 Å². The summed E-state index contributed by atoms with van der Waals surface area (Å²) in [7, 11) is -2.52. The minimum absolute atomic E-state index is 0.0166. The first-order valence-electron chi connectivity index (χ1n) is 10.6. The van der Waals surface area contributed by atoms with E-state index >= 15 is 0 Å². The second-order valence-electron chi connectivity index (χ2n) is 8.20. The fourth-order valence-corrected chi connectivity index (χ4v) is 6.02. The molecule has 7 nitrogen and oxygen atoms in total. The summed E-state index contributed by atoms with van der Waals surface area (Å²) < 4.78 is 39.3. The van der Waals surface area contributed by atoms with Crippen LogP contribution in [0.4, 0.5) is 11.4 Å². The average molecular weight is 445 g/mol. The lowest BCUT2D eigenvalue weighted by molar-refractivity contribution is -0.121. The Kier molecular flexibility index (Phi) is 6.09. The van der Waals surface area contributed by atoms with Crippen molar-refractivity contribution in [2.45, 2.75) is 37.5 Å². The fourth-order valence-electron chi connectivity index (χ4n) is 4.76. The molecule has 2 aliphatic carbocycles. The Balaban J connectivity index is 1.52. The van der Waals surface area contributed by atoms with Gasteiger partial charge in [0.15, 0.2) is 0 Å². The van der Waals surface area contributed by atoms with E-state index in [1.807, 2.05) is 6.92 Å². The van der Waals surface area contributed by atoms with E-state index in [4.69, 9.17) is 9.47 Å². The SMILES string of the molecule is CCOc1ccc(NS(=O)(=O)c2cc(NC(=O)[C@H]3C[C@H]4CC[C@H]3C4)ccc2OC)cc1. The number of hydrogen-bond acceptors (Lipinski definition) is 5. The van der Waals surface area contributed by atoms with Crippen LogP contribution in [-0.4, -0.2) is 28.0 Å². The zero-order valence-electron chi connectivity index (χ0n) is 17.8. The summed E-state index contributed by atoms with van der Waals surface area (Å²) in [6.07, 6.45) is 4.39. The van der Waals surface area contributed by atoms with Gasteiger partial charge in [0.05, 0.1) is 13.7 Å². The van der Waals surface area contributed by atoms with Crippen LogP contribution in [0.3, 0.4) is 0 Å². The van der Waals surface area contributed by atoms with Gasteiger partial charge in [-0.15, -0.1) is 0 Å². The number of amides is 1. The van der Waals surface area contributed by atoms with Crippen molar-refractivity contribution in [3.63, 3.8) is 0 Å². The lowest BCUT2D eigenvalue weighted by Gasteiger charge is -2.21. The van der Waals surface area contributed by atoms with E-state index < -0.39 is 10.0 Å². The fraction of sp³-hybridized carbons (Fsp3) is 0.435. The number of rotatable bonds is 8. The molecule has 2 fully saturated rings. The number of sulfonamides is 1. The number of fused-ring (bicyclic) bond motifs is 2. The molecule has 2 bridgehead atoms. The highest BCUT2D eigenvalue weighted by molar-refractivity contribution is 7.92. The Bertz CT molecular complexity index is 1050. The third-order valence-corrected chi connectivity index (χ3v) is 7.62. The maximum Gasteiger partial charge on any atom is 0.265 e. The van der Waals surface area contributed by atoms with Crippen molar-refractivity contribution in [2.75, 3.05) is 23.8 Å². The number of hydrogen-bond donors (Lipinski definition) is 2. The van der Waals surface area contributed by atoms with Gasteiger partial charge >= 0.3 is 0 Å². The standard InChI is InChI=1S/C23H28N2O5S/c1-3-30-19-9-6-17(7-10-19)25-31(27,28)22-14-18(8-11-21(22)29-2)24-23(26)20-13-15-4-5-16(20)12-15/h6-11,14-16,20,25H,3-5,12-13H2,1-2H3,(H,24,26)/t15-,16-,20-/m0/s1. The normalized spacial score (nSPS) is 22.2. The van der Waals surface area contributed by atoms with Crippen molar-refractivity contribution >= 4 is 27.3 Å². The molecular formula is C23H28N2O5S. The smallest absolute Gasteiger partial charge is 0.265 e. The predicted octanol–water partition coefficient (Wildman–Crippen LogP) is 4.27. The molecule has 166 valence electrons. The molecule has 31 heavy (non-hydrogen) atoms. The van der Waals surface area contributed by atoms with Crippen molar-refractivity contribution in [1.82, 2.24) is 0 Å². The molecule has 0 unspecified atom stereocenters. The Morgan fingerprint density at radius 3 is 2.42 bits per heavy atom. The van der Waals surface area contributed by atoms with Crippen LogP contribution in [0.5, 0.6) is 11.5 Å². The van der Waals surface area contributed by atoms with E-state index in [-0.39, 0.29) is 22.5 Å². The van der Waals surface area contributed by atoms with Crippen molar-refractivity contribution in [3.8, 4) is 11.5 Å². The summed E-state index contributed by atoms with van der Waals surface area (Å²) in [5.74, 6) is 1.96. The van der Waals surface area contributed by atoms with Crippen LogP contribution in [0.15, 0.2) is 47.4 Å². The summed E-state index contributed by atoms with van der Waals surface area (Å²) in [5, 5.41) is 2.91. The highest BCUT2D eigenvalue weighted by Gasteiger charge is 2.43. The molecule has 2 aromatic carbocycles. The van der Waals surface area contributed by atoms with Gasteiger partial charge in [0, 0.05) is 17.3 Å². The number of nitrogens with one attached hydrogen (secondary N) is 2. The maximum atomic E-state index is 13.1. The number of methoxy groups -OCH3 is 1. The molecule has 0 radical (unpaired) electrons. The van der Waals surface area contributed by atoms with Crippen molar-refractivity contribution in [3.05, 3.63) is 42.5 Å². The average Bonchev–Trinajstić information content (AvgIpc) is 3.39. The lowest BCUT2D eigenvalue weighted by Crippen LogP contribution is -2.27. The minimum Gasteiger partial charge on any atom is -0.495 e. The molecule has 0 heterocycles. The Morgan fingerprint density at radius 1 is 1.06 bits per heavy atom. The van der Waals surface area contributed by atoms with Gasteiger partial charge in [-0.2, -0.15) is 0 Å². The van der Waals surface area contributed by atoms with Crippen molar-refractivity contribution < 1.29 is 22.7 Å². The first-order chi connectivity index (χ1) is 14.9. The molecule has 8 heteroatoms. The van der Waals surface area contributed by atoms with E-state index in [9.17, 15) is 13.2 Å². The molecular weight excluding hydrogens is 416 g/mol. The summed E-state index contributed by atoms with van der Waals surface area (Å²) >= 11 is 0. The van der Waals surface area contributed by atoms with Crippen molar-refractivity contribution in [2.24, 2.45) is 17.8 Å². The maximum absolute atomic E-state index is 13.1. The van der Waals surface area contributed by atoms with Crippen molar-refractivity contribution in [1.29, 1.82) is 0 Å². The van der Waals surface area contributed by atoms with Gasteiger partial charge in [-0.25, -0.2) is 8.42 Å². The summed E-state index contributed by atoms with van der Waals surface area (Å²) in [6, 6.07) is 11.3. The van der Waals surface area contributed by atoms with Crippen LogP contribution in [0.2, 0.25) is 0 Å². The van der Waals surface area contributed by atoms with Gasteiger partial charge in [-0.05, 0) is 80.5 Å². The molecule has 2 N–H and O–H groups in total. The van der Waals surface area contributed by atoms with Crippen LogP contribution in [-0.2, 0) is 14.8 Å². The molecule has 2 saturated carbocycles. The minimum atomic E-state index is -3.93. The Morgan fingerprint density at radius 2 is 1.81 bits per heavy atom. The quantitative estimate of drug-likeness (QED) is 0.634. The molecule has 0 spiro atoms. The number of anilines is 2. The third-order valence-electron chi connectivity index (χ3n) is 6.21. The van der Waals surface area contributed by atoms with Crippen LogP contribution in [0, 0.1) is 17.8 Å². The summed E-state index contributed by atoms with van der Waals surface area (Å²) in [5.41, 5.74) is 0.850. The Hall–Kier alpha value is -2.74. The van der Waals surface area contributed by atoms with Gasteiger partial charge in [0.25, 0.3) is 10.0 Å². The van der Waals surface area contributed by atoms with Crippen LogP contribution >= 0.6 is 0 Å². The number of carbonyl (C=O) groups is 1. The van der Waals surface area contributed by atoms with Gasteiger partial charge in [0.2, 0.25) is 5.91 Å². The molecule has 0 saturated heterocycles. The van der Waals surface area contributed by atoms with Gasteiger partial charge in [-0.1, -0.05) is 6.42 Å². The van der Waals surface area contributed by atoms with Crippen LogP contribution in [0.25, 0.3) is 0 Å². The summed E-state index contributed by atoms with van der Waals surface area (Å²) in [4.78, 5) is 12.7. The number of ether oxygens (including phenoxy) is 2. The van der Waals surface area contributed by atoms with E-state index in [0.717, 1.165) is 19.3 Å². The molecule has 0 aliphatic heterocycles. The molecule has 1 amide bonds. The van der Waals surface area contributed by atoms with E-state index in [0.29, 0.717) is 35.6 Å². The van der Waals surface area contributed by atoms with Crippen LogP contribution in [0.1, 0.15) is 32.6 Å². The van der Waals surface area contributed by atoms with Gasteiger partial charge in [-0.3, -0.25) is 9.52 Å². The molecule has 2 aliphatic rings. The topological polar surface area (TPSA) is 93.7 Å². The first-order valence-corrected chi connectivity index (χ1v) is 12.1. The molecule has 0 aromatic heterocycles. The predicted molar refractivity (Wildman–Crippen MR) is 119 cm³/mol. The second kappa shape index (κ2) is 8.78. The lowest BCUT2D eigenvalue weighted by atomic mass is 9.88. The zero-order valence-corrected chi connectivity index (χ0v) is 18.6. The van der Waals surface area contributed by atoms with Gasteiger partial charge < -0.3 is 14.8 Å². The largest absolute Gasteiger partial charge is 0.495 e. The Labute approximate surface area is 183 Å². The second-order valence-corrected chi connectivity index (χ2v) is 9.85. The van der Waals surface area contributed by atoms with E-state index in [1.54, 1.807) is 36.4 Å². The molecule has 3 atom stereocenters. The third kappa shape index (κ3) is 4.63. The summed E-state index contributed by atoms with van der Waals surface area (Å²) in [6.45, 7) is 2.41. The zero-order chi connectivity index (χ0) is 22.0. The first kappa shape index (κ1) is 21.5. The molecule has 4 rings (SSSR count). The monoisotopic (exact) mass is 444 g/mol.